The molecule has 0 saturated carbocycles. The maximum atomic E-state index is 13.0. The molecule has 0 radical (unpaired) electrons. The lowest BCUT2D eigenvalue weighted by Crippen LogP contribution is -2.71. The number of nitrogens with one attached hydrogen (secondary N) is 1. The van der Waals surface area contributed by atoms with Crippen LogP contribution >= 0.6 is 23.5 Å². The third kappa shape index (κ3) is 5.17. The molecule has 1 fully saturated rings. The van der Waals surface area contributed by atoms with E-state index in [0.717, 1.165) is 4.90 Å². The highest BCUT2D eigenvalue weighted by molar-refractivity contribution is 8.01. The van der Waals surface area contributed by atoms with E-state index in [4.69, 9.17) is 9.25 Å². The summed E-state index contributed by atoms with van der Waals surface area (Å²) in [4.78, 5) is 55.6. The number of furan rings is 1. The minimum absolute atomic E-state index is 0.0117. The first-order valence-corrected chi connectivity index (χ1v) is 12.6. The molecule has 2 aliphatic rings. The number of hydrogen-bond donors (Lipinski definition) is 3. The van der Waals surface area contributed by atoms with Crippen molar-refractivity contribution in [3.8, 4) is 0 Å². The highest BCUT2D eigenvalue weighted by Crippen LogP contribution is 2.41. The Kier molecular flexibility index (Phi) is 7.26. The summed E-state index contributed by atoms with van der Waals surface area (Å²) in [7, 11) is 1.65. The number of β-lactam (4-membered cyclic amide) rings is 1. The quantitative estimate of drug-likeness (QED) is 0.153. The van der Waals surface area contributed by atoms with Gasteiger partial charge in [0, 0.05) is 18.6 Å². The molecule has 2 aromatic rings. The predicted octanol–water partition coefficient (Wildman–Crippen LogP) is -0.0821. The second-order valence-electron chi connectivity index (χ2n) is 8.32. The smallest absolute Gasteiger partial charge is 0.352 e. The number of fused-ring (bicyclic) bond motifs is 1. The van der Waals surface area contributed by atoms with E-state index in [9.17, 15) is 29.4 Å². The third-order valence-electron chi connectivity index (χ3n) is 5.34. The van der Waals surface area contributed by atoms with Crippen molar-refractivity contribution in [1.29, 1.82) is 0 Å². The average Bonchev–Trinajstić information content (AvgIpc) is 3.52. The Balaban J connectivity index is 1.51. The Morgan fingerprint density at radius 2 is 2.14 bits per heavy atom. The first kappa shape index (κ1) is 26.2. The van der Waals surface area contributed by atoms with Gasteiger partial charge in [-0.25, -0.2) is 14.3 Å². The van der Waals surface area contributed by atoms with Crippen molar-refractivity contribution >= 4 is 53.0 Å². The Bertz CT molecular complexity index is 1300. The largest absolute Gasteiger partial charge is 0.478 e. The topological polar surface area (TPSA) is 202 Å². The summed E-state index contributed by atoms with van der Waals surface area (Å²) in [5.41, 5.74) is -1.75. The molecule has 0 spiro atoms. The number of carboxylic acids is 2. The van der Waals surface area contributed by atoms with Crippen molar-refractivity contribution in [3.05, 3.63) is 35.4 Å². The lowest BCUT2D eigenvalue weighted by Gasteiger charge is -2.49. The van der Waals surface area contributed by atoms with Gasteiger partial charge >= 0.3 is 11.9 Å². The van der Waals surface area contributed by atoms with E-state index in [2.05, 4.69) is 26.0 Å². The SMILES string of the molecule is Cn1nnnc1SCC1=C(C(=O)O)N2C(=O)[C@@H](NC(=O)C(=NOC(C)(C)C(=O)O)c3ccco3)[C@H]2SC1. The number of aliphatic carboxylic acids is 2. The molecule has 4 rings (SSSR count). The summed E-state index contributed by atoms with van der Waals surface area (Å²) in [6.45, 7) is 2.50. The van der Waals surface area contributed by atoms with Crippen LogP contribution in [0.4, 0.5) is 0 Å². The number of carboxylic acid groups (broad SMARTS) is 2. The zero-order valence-corrected chi connectivity index (χ0v) is 21.3. The number of aromatic nitrogens is 4. The predicted molar refractivity (Wildman–Crippen MR) is 127 cm³/mol. The van der Waals surface area contributed by atoms with Gasteiger partial charge in [0.25, 0.3) is 11.8 Å². The van der Waals surface area contributed by atoms with Gasteiger partial charge in [0.15, 0.2) is 5.76 Å². The van der Waals surface area contributed by atoms with E-state index in [0.29, 0.717) is 16.5 Å². The first-order valence-electron chi connectivity index (χ1n) is 10.6. The van der Waals surface area contributed by atoms with Crippen molar-refractivity contribution in [1.82, 2.24) is 30.4 Å². The molecule has 2 aromatic heterocycles. The number of tetrazole rings is 1. The van der Waals surface area contributed by atoms with Gasteiger partial charge in [-0.05, 0) is 42.0 Å². The Labute approximate surface area is 217 Å². The van der Waals surface area contributed by atoms with Crippen LogP contribution in [0.25, 0.3) is 0 Å². The van der Waals surface area contributed by atoms with E-state index < -0.39 is 40.8 Å². The average molecular weight is 552 g/mol. The molecule has 0 aromatic carbocycles. The highest BCUT2D eigenvalue weighted by atomic mass is 32.2. The van der Waals surface area contributed by atoms with Crippen LogP contribution in [0.15, 0.2) is 44.4 Å². The van der Waals surface area contributed by atoms with Gasteiger partial charge in [-0.15, -0.1) is 16.9 Å². The van der Waals surface area contributed by atoms with Gasteiger partial charge < -0.3 is 24.8 Å². The molecule has 1 saturated heterocycles. The van der Waals surface area contributed by atoms with Gasteiger partial charge in [-0.2, -0.15) is 0 Å². The summed E-state index contributed by atoms with van der Waals surface area (Å²) < 4.78 is 6.66. The number of carbonyl (C=O) groups is 4. The molecule has 37 heavy (non-hydrogen) atoms. The van der Waals surface area contributed by atoms with E-state index in [1.807, 2.05) is 0 Å². The van der Waals surface area contributed by atoms with Crippen LogP contribution in [0.2, 0.25) is 0 Å². The van der Waals surface area contributed by atoms with Crippen LogP contribution in [0.5, 0.6) is 0 Å². The molecular formula is C20H21N7O8S2. The van der Waals surface area contributed by atoms with Crippen molar-refractivity contribution in [3.63, 3.8) is 0 Å². The van der Waals surface area contributed by atoms with Crippen molar-refractivity contribution in [2.24, 2.45) is 12.2 Å². The lowest BCUT2D eigenvalue weighted by atomic mass is 10.0. The van der Waals surface area contributed by atoms with Crippen LogP contribution in [-0.2, 0) is 31.1 Å². The molecule has 196 valence electrons. The second-order valence-corrected chi connectivity index (χ2v) is 10.4. The molecule has 15 nitrogen and oxygen atoms in total. The minimum Gasteiger partial charge on any atom is -0.478 e. The number of carbonyl (C=O) groups excluding carboxylic acids is 2. The number of hydrogen-bond acceptors (Lipinski definition) is 12. The fourth-order valence-electron chi connectivity index (χ4n) is 3.31. The molecule has 2 atom stereocenters. The van der Waals surface area contributed by atoms with Crippen LogP contribution in [0, 0.1) is 0 Å². The van der Waals surface area contributed by atoms with E-state index in [1.165, 1.54) is 60.4 Å². The van der Waals surface area contributed by atoms with Crippen LogP contribution in [-0.4, -0.2) is 93.3 Å². The first-order chi connectivity index (χ1) is 17.5. The van der Waals surface area contributed by atoms with Crippen LogP contribution in [0.3, 0.4) is 0 Å². The zero-order valence-electron chi connectivity index (χ0n) is 19.6. The number of rotatable bonds is 10. The molecule has 0 bridgehead atoms. The number of aryl methyl sites for hydroxylation is 1. The van der Waals surface area contributed by atoms with Gasteiger partial charge in [-0.3, -0.25) is 14.5 Å². The Morgan fingerprint density at radius 1 is 1.38 bits per heavy atom. The maximum absolute atomic E-state index is 13.0. The molecule has 0 aliphatic carbocycles. The summed E-state index contributed by atoms with van der Waals surface area (Å²) in [6.07, 6.45) is 1.29. The summed E-state index contributed by atoms with van der Waals surface area (Å²) in [6, 6.07) is 1.87. The molecule has 2 amide bonds. The Hall–Kier alpha value is -3.86. The lowest BCUT2D eigenvalue weighted by molar-refractivity contribution is -0.161. The van der Waals surface area contributed by atoms with Gasteiger partial charge in [0.05, 0.1) is 6.26 Å². The number of amides is 2. The summed E-state index contributed by atoms with van der Waals surface area (Å²) >= 11 is 2.53. The maximum Gasteiger partial charge on any atom is 0.352 e. The molecule has 4 heterocycles. The molecule has 2 aliphatic heterocycles. The van der Waals surface area contributed by atoms with Crippen LogP contribution in [0.1, 0.15) is 19.6 Å². The van der Waals surface area contributed by atoms with Crippen molar-refractivity contribution in [2.75, 3.05) is 11.5 Å². The second kappa shape index (κ2) is 10.3. The van der Waals surface area contributed by atoms with Gasteiger partial charge in [-0.1, -0.05) is 16.9 Å². The monoisotopic (exact) mass is 551 g/mol. The normalized spacial score (nSPS) is 19.8. The summed E-state index contributed by atoms with van der Waals surface area (Å²) in [5.74, 6) is -3.50. The third-order valence-corrected chi connectivity index (χ3v) is 7.78. The van der Waals surface area contributed by atoms with Crippen molar-refractivity contribution in [2.45, 2.75) is 36.0 Å². The fraction of sp³-hybridized carbons (Fsp3) is 0.400. The van der Waals surface area contributed by atoms with E-state index >= 15 is 0 Å². The minimum atomic E-state index is -1.74. The van der Waals surface area contributed by atoms with E-state index in [1.54, 1.807) is 7.05 Å². The summed E-state index contributed by atoms with van der Waals surface area (Å²) in [5, 5.41) is 36.2. The number of nitrogens with zero attached hydrogens (tertiary/aromatic N) is 6. The van der Waals surface area contributed by atoms with Crippen molar-refractivity contribution < 1.29 is 38.6 Å². The standard InChI is InChI=1S/C20H21N7O8S2/c1-20(2,18(32)33)35-23-11(10-5-4-6-34-10)14(28)21-12-15(29)27-13(17(30)31)9(7-36-16(12)27)8-37-19-22-24-25-26(19)3/h4-6,12,16H,7-8H2,1-3H3,(H,21,28)(H,30,31)(H,32,33)/t12-,16-/m1/s1. The molecule has 0 unspecified atom stereocenters. The number of thioether (sulfide) groups is 2. The zero-order chi connectivity index (χ0) is 26.9. The van der Waals surface area contributed by atoms with Gasteiger partial charge in [0.2, 0.25) is 16.5 Å². The van der Waals surface area contributed by atoms with Crippen LogP contribution < -0.4 is 5.32 Å². The fourth-order valence-corrected chi connectivity index (χ4v) is 5.64. The molecule has 17 heteroatoms. The molecular weight excluding hydrogens is 530 g/mol. The number of oxime groups is 1. The molecule has 3 N–H and O–H groups in total. The van der Waals surface area contributed by atoms with E-state index in [-0.39, 0.29) is 22.9 Å². The van der Waals surface area contributed by atoms with Gasteiger partial charge in [0.1, 0.15) is 17.1 Å². The Morgan fingerprint density at radius 3 is 2.73 bits per heavy atom. The highest BCUT2D eigenvalue weighted by Gasteiger charge is 2.54.